The maximum atomic E-state index is 12.2. The van der Waals surface area contributed by atoms with E-state index in [1.54, 1.807) is 24.4 Å². The first-order valence-electron chi connectivity index (χ1n) is 9.68. The van der Waals surface area contributed by atoms with E-state index in [4.69, 9.17) is 13.9 Å². The van der Waals surface area contributed by atoms with Crippen molar-refractivity contribution >= 4 is 11.8 Å². The van der Waals surface area contributed by atoms with Gasteiger partial charge in [-0.3, -0.25) is 20.4 Å². The van der Waals surface area contributed by atoms with Gasteiger partial charge in [0, 0.05) is 24.0 Å². The van der Waals surface area contributed by atoms with Gasteiger partial charge in [0.1, 0.15) is 13.2 Å². The highest BCUT2D eigenvalue weighted by Crippen LogP contribution is 2.30. The van der Waals surface area contributed by atoms with Crippen molar-refractivity contribution in [2.45, 2.75) is 19.3 Å². The van der Waals surface area contributed by atoms with E-state index in [0.717, 1.165) is 5.56 Å². The van der Waals surface area contributed by atoms with Crippen molar-refractivity contribution in [2.75, 3.05) is 13.2 Å². The zero-order chi connectivity index (χ0) is 20.8. The average Bonchev–Trinajstić information content (AvgIpc) is 3.26. The first kappa shape index (κ1) is 19.5. The highest BCUT2D eigenvalue weighted by molar-refractivity contribution is 5.96. The second-order valence-corrected chi connectivity index (χ2v) is 6.70. The predicted octanol–water partition coefficient (Wildman–Crippen LogP) is 2.90. The molecule has 8 nitrogen and oxygen atoms in total. The van der Waals surface area contributed by atoms with Crippen LogP contribution in [0.15, 0.2) is 59.1 Å². The van der Waals surface area contributed by atoms with Crippen molar-refractivity contribution in [1.29, 1.82) is 0 Å². The third kappa shape index (κ3) is 4.78. The highest BCUT2D eigenvalue weighted by Gasteiger charge is 2.15. The molecule has 0 saturated heterocycles. The van der Waals surface area contributed by atoms with E-state index < -0.39 is 5.91 Å². The molecule has 0 radical (unpaired) electrons. The number of hydrogen-bond acceptors (Lipinski definition) is 6. The third-order valence-electron chi connectivity index (χ3n) is 4.53. The Morgan fingerprint density at radius 3 is 2.60 bits per heavy atom. The Morgan fingerprint density at radius 2 is 1.77 bits per heavy atom. The maximum Gasteiger partial charge on any atom is 0.269 e. The number of oxazole rings is 1. The van der Waals surface area contributed by atoms with Crippen LogP contribution in [0, 0.1) is 0 Å². The number of hydrogen-bond donors (Lipinski definition) is 2. The Bertz CT molecular complexity index is 1030. The Morgan fingerprint density at radius 1 is 0.967 bits per heavy atom. The number of nitrogens with one attached hydrogen (secondary N) is 2. The number of ether oxygens (including phenoxy) is 2. The maximum absolute atomic E-state index is 12.2. The van der Waals surface area contributed by atoms with Gasteiger partial charge in [0.2, 0.25) is 5.91 Å². The molecule has 0 atom stereocenters. The SMILES string of the molecule is O=C(CCCc1ncc(-c2ccccc2)o1)NNC(=O)c1ccc2c(c1)OCCO2. The molecule has 2 aromatic carbocycles. The van der Waals surface area contributed by atoms with Gasteiger partial charge in [-0.25, -0.2) is 4.98 Å². The normalized spacial score (nSPS) is 12.3. The van der Waals surface area contributed by atoms with Crippen molar-refractivity contribution in [2.24, 2.45) is 0 Å². The number of nitrogens with zero attached hydrogens (tertiary/aromatic N) is 1. The molecule has 1 aliphatic heterocycles. The minimum absolute atomic E-state index is 0.227. The summed E-state index contributed by atoms with van der Waals surface area (Å²) in [6.45, 7) is 0.919. The van der Waals surface area contributed by atoms with E-state index in [9.17, 15) is 9.59 Å². The molecule has 0 spiro atoms. The molecule has 4 rings (SSSR count). The Labute approximate surface area is 173 Å². The van der Waals surface area contributed by atoms with Gasteiger partial charge in [0.25, 0.3) is 5.91 Å². The zero-order valence-electron chi connectivity index (χ0n) is 16.2. The van der Waals surface area contributed by atoms with E-state index in [2.05, 4.69) is 15.8 Å². The van der Waals surface area contributed by atoms with Gasteiger partial charge in [-0.2, -0.15) is 0 Å². The van der Waals surface area contributed by atoms with Gasteiger partial charge in [-0.15, -0.1) is 0 Å². The lowest BCUT2D eigenvalue weighted by Crippen LogP contribution is -2.41. The fraction of sp³-hybridized carbons (Fsp3) is 0.227. The Kier molecular flexibility index (Phi) is 5.93. The van der Waals surface area contributed by atoms with Crippen molar-refractivity contribution in [3.05, 3.63) is 66.2 Å². The molecule has 3 aromatic rings. The number of carbonyl (C=O) groups excluding carboxylic acids is 2. The molecular formula is C22H21N3O5. The molecule has 2 N–H and O–H groups in total. The summed E-state index contributed by atoms with van der Waals surface area (Å²) in [5, 5.41) is 0. The number of aryl methyl sites for hydroxylation is 1. The van der Waals surface area contributed by atoms with E-state index in [0.29, 0.717) is 54.8 Å². The molecule has 2 heterocycles. The minimum atomic E-state index is -0.430. The number of aromatic nitrogens is 1. The van der Waals surface area contributed by atoms with Crippen molar-refractivity contribution in [3.63, 3.8) is 0 Å². The molecule has 0 saturated carbocycles. The molecule has 0 bridgehead atoms. The second-order valence-electron chi connectivity index (χ2n) is 6.70. The van der Waals surface area contributed by atoms with Crippen LogP contribution in [0.5, 0.6) is 11.5 Å². The fourth-order valence-electron chi connectivity index (χ4n) is 3.01. The van der Waals surface area contributed by atoms with E-state index in [-0.39, 0.29) is 12.3 Å². The summed E-state index contributed by atoms with van der Waals surface area (Å²) in [5.41, 5.74) is 6.15. The van der Waals surface area contributed by atoms with Crippen LogP contribution in [0.25, 0.3) is 11.3 Å². The standard InChI is InChI=1S/C22H21N3O5/c26-20(7-4-8-21-23-14-19(30-21)15-5-2-1-3-6-15)24-25-22(27)16-9-10-17-18(13-16)29-12-11-28-17/h1-3,5-6,9-10,13-14H,4,7-8,11-12H2,(H,24,26)(H,25,27). The second kappa shape index (κ2) is 9.13. The first-order valence-corrected chi connectivity index (χ1v) is 9.68. The van der Waals surface area contributed by atoms with Crippen LogP contribution in [0.2, 0.25) is 0 Å². The van der Waals surface area contributed by atoms with Gasteiger partial charge < -0.3 is 13.9 Å². The van der Waals surface area contributed by atoms with Crippen LogP contribution in [-0.2, 0) is 11.2 Å². The molecule has 1 aliphatic rings. The topological polar surface area (TPSA) is 103 Å². The number of fused-ring (bicyclic) bond motifs is 1. The van der Waals surface area contributed by atoms with Crippen LogP contribution in [0.3, 0.4) is 0 Å². The van der Waals surface area contributed by atoms with Gasteiger partial charge in [-0.1, -0.05) is 30.3 Å². The smallest absolute Gasteiger partial charge is 0.269 e. The molecule has 0 unspecified atom stereocenters. The monoisotopic (exact) mass is 407 g/mol. The summed E-state index contributed by atoms with van der Waals surface area (Å²) in [6, 6.07) is 14.6. The lowest BCUT2D eigenvalue weighted by atomic mass is 10.2. The predicted molar refractivity (Wildman–Crippen MR) is 108 cm³/mol. The van der Waals surface area contributed by atoms with Crippen molar-refractivity contribution in [1.82, 2.24) is 15.8 Å². The van der Waals surface area contributed by atoms with E-state index in [1.165, 1.54) is 0 Å². The number of rotatable bonds is 6. The van der Waals surface area contributed by atoms with Crippen LogP contribution >= 0.6 is 0 Å². The van der Waals surface area contributed by atoms with Gasteiger partial charge in [0.15, 0.2) is 23.1 Å². The molecule has 30 heavy (non-hydrogen) atoms. The molecule has 2 amide bonds. The molecule has 0 aliphatic carbocycles. The van der Waals surface area contributed by atoms with Gasteiger partial charge in [-0.05, 0) is 24.6 Å². The zero-order valence-corrected chi connectivity index (χ0v) is 16.2. The van der Waals surface area contributed by atoms with Crippen LogP contribution < -0.4 is 20.3 Å². The summed E-state index contributed by atoms with van der Waals surface area (Å²) < 4.78 is 16.6. The number of benzene rings is 2. The number of carbonyl (C=O) groups is 2. The summed E-state index contributed by atoms with van der Waals surface area (Å²) in [5.74, 6) is 1.66. The van der Waals surface area contributed by atoms with Crippen LogP contribution in [0.4, 0.5) is 0 Å². The summed E-state index contributed by atoms with van der Waals surface area (Å²) in [6.07, 6.45) is 2.97. The van der Waals surface area contributed by atoms with Crippen LogP contribution in [0.1, 0.15) is 29.1 Å². The van der Waals surface area contributed by atoms with Crippen LogP contribution in [-0.4, -0.2) is 30.0 Å². The van der Waals surface area contributed by atoms with E-state index in [1.807, 2.05) is 30.3 Å². The summed E-state index contributed by atoms with van der Waals surface area (Å²) in [4.78, 5) is 28.5. The summed E-state index contributed by atoms with van der Waals surface area (Å²) in [7, 11) is 0. The Hall–Kier alpha value is -3.81. The highest BCUT2D eigenvalue weighted by atomic mass is 16.6. The lowest BCUT2D eigenvalue weighted by Gasteiger charge is -2.18. The quantitative estimate of drug-likeness (QED) is 0.609. The van der Waals surface area contributed by atoms with Gasteiger partial charge in [0.05, 0.1) is 6.20 Å². The Balaban J connectivity index is 1.21. The van der Waals surface area contributed by atoms with Crippen molar-refractivity contribution < 1.29 is 23.5 Å². The number of amides is 2. The molecule has 0 fully saturated rings. The van der Waals surface area contributed by atoms with Gasteiger partial charge >= 0.3 is 0 Å². The fourth-order valence-corrected chi connectivity index (χ4v) is 3.01. The molecular weight excluding hydrogens is 386 g/mol. The minimum Gasteiger partial charge on any atom is -0.486 e. The molecule has 154 valence electrons. The molecule has 1 aromatic heterocycles. The first-order chi connectivity index (χ1) is 14.7. The average molecular weight is 407 g/mol. The number of hydrazine groups is 1. The largest absolute Gasteiger partial charge is 0.486 e. The lowest BCUT2D eigenvalue weighted by molar-refractivity contribution is -0.121. The third-order valence-corrected chi connectivity index (χ3v) is 4.53. The van der Waals surface area contributed by atoms with Crippen molar-refractivity contribution in [3.8, 4) is 22.8 Å². The summed E-state index contributed by atoms with van der Waals surface area (Å²) >= 11 is 0. The molecule has 8 heteroatoms. The van der Waals surface area contributed by atoms with E-state index >= 15 is 0 Å².